The van der Waals surface area contributed by atoms with Crippen LogP contribution in [0.2, 0.25) is 0 Å². The first-order valence-corrected chi connectivity index (χ1v) is 9.03. The zero-order valence-corrected chi connectivity index (χ0v) is 16.6. The van der Waals surface area contributed by atoms with Crippen LogP contribution in [0.3, 0.4) is 0 Å². The Morgan fingerprint density at radius 1 is 1.20 bits per heavy atom. The Kier molecular flexibility index (Phi) is 5.84. The average Bonchev–Trinajstić information content (AvgIpc) is 3.03. The van der Waals surface area contributed by atoms with E-state index in [9.17, 15) is 18.0 Å². The number of anilines is 1. The van der Waals surface area contributed by atoms with E-state index in [1.165, 1.54) is 14.2 Å². The molecule has 2 aromatic rings. The monoisotopic (exact) mass is 418 g/mol. The van der Waals surface area contributed by atoms with Crippen LogP contribution >= 0.6 is 0 Å². The number of para-hydroxylation sites is 1. The molecule has 2 N–H and O–H groups in total. The lowest BCUT2D eigenvalue weighted by Crippen LogP contribution is -2.57. The number of benzene rings is 2. The van der Waals surface area contributed by atoms with Gasteiger partial charge in [0, 0.05) is 24.5 Å². The Morgan fingerprint density at radius 3 is 2.50 bits per heavy atom. The van der Waals surface area contributed by atoms with Gasteiger partial charge in [0.25, 0.3) is 5.91 Å². The van der Waals surface area contributed by atoms with E-state index in [1.807, 2.05) is 24.3 Å². The van der Waals surface area contributed by atoms with Gasteiger partial charge in [-0.2, -0.15) is 13.2 Å². The quantitative estimate of drug-likeness (QED) is 0.571. The van der Waals surface area contributed by atoms with Gasteiger partial charge in [-0.3, -0.25) is 4.79 Å². The van der Waals surface area contributed by atoms with Crippen LogP contribution in [0.5, 0.6) is 0 Å². The minimum Gasteiger partial charge on any atom is -0.399 e. The number of halogens is 3. The summed E-state index contributed by atoms with van der Waals surface area (Å²) in [5, 5.41) is 7.46. The van der Waals surface area contributed by atoms with E-state index in [0.717, 1.165) is 29.3 Å². The molecule has 0 radical (unpaired) electrons. The van der Waals surface area contributed by atoms with Crippen molar-refractivity contribution in [1.82, 2.24) is 10.4 Å². The number of nitrogens with one attached hydrogen (secondary N) is 2. The van der Waals surface area contributed by atoms with Crippen molar-refractivity contribution >= 4 is 17.8 Å². The van der Waals surface area contributed by atoms with Gasteiger partial charge in [0.05, 0.1) is 11.8 Å². The SMILES string of the molecule is CO/N=C/c1ccc(-c2ccccc2NC(=O)C2=CN(C)NC2(C)C(F)(F)F)cc1. The molecule has 1 amide bonds. The minimum atomic E-state index is -4.65. The van der Waals surface area contributed by atoms with Gasteiger partial charge in [-0.1, -0.05) is 47.6 Å². The highest BCUT2D eigenvalue weighted by Gasteiger charge is 2.58. The molecule has 1 heterocycles. The molecule has 2 aromatic carbocycles. The second-order valence-corrected chi connectivity index (χ2v) is 6.93. The number of nitrogens with zero attached hydrogens (tertiary/aromatic N) is 2. The molecule has 3 rings (SSSR count). The van der Waals surface area contributed by atoms with Gasteiger partial charge in [0.15, 0.2) is 5.54 Å². The van der Waals surface area contributed by atoms with Gasteiger partial charge in [-0.05, 0) is 24.1 Å². The minimum absolute atomic E-state index is 0.404. The van der Waals surface area contributed by atoms with Gasteiger partial charge in [-0.15, -0.1) is 0 Å². The molecule has 1 atom stereocenters. The number of hydrazine groups is 1. The van der Waals surface area contributed by atoms with Crippen LogP contribution < -0.4 is 10.7 Å². The molecule has 1 unspecified atom stereocenters. The number of alkyl halides is 3. The van der Waals surface area contributed by atoms with Crippen LogP contribution in [0.15, 0.2) is 65.5 Å². The topological polar surface area (TPSA) is 66.0 Å². The standard InChI is InChI=1S/C21H21F3N4O2/c1-20(21(22,23)24)17(13-28(2)27-20)19(29)26-18-7-5-4-6-16(18)15-10-8-14(9-11-15)12-25-30-3/h4-13,27H,1-3H3,(H,26,29)/b25-12+. The Labute approximate surface area is 172 Å². The lowest BCUT2D eigenvalue weighted by atomic mass is 9.92. The predicted molar refractivity (Wildman–Crippen MR) is 109 cm³/mol. The molecule has 9 heteroatoms. The van der Waals surface area contributed by atoms with Crippen molar-refractivity contribution < 1.29 is 22.8 Å². The molecular weight excluding hydrogens is 397 g/mol. The van der Waals surface area contributed by atoms with E-state index in [4.69, 9.17) is 0 Å². The van der Waals surface area contributed by atoms with Crippen molar-refractivity contribution in [3.63, 3.8) is 0 Å². The van der Waals surface area contributed by atoms with Crippen molar-refractivity contribution in [3.8, 4) is 11.1 Å². The Balaban J connectivity index is 1.89. The van der Waals surface area contributed by atoms with E-state index >= 15 is 0 Å². The van der Waals surface area contributed by atoms with Crippen LogP contribution in [-0.4, -0.2) is 43.0 Å². The smallest absolute Gasteiger partial charge is 0.399 e. The summed E-state index contributed by atoms with van der Waals surface area (Å²) in [6, 6.07) is 14.2. The average molecular weight is 418 g/mol. The third kappa shape index (κ3) is 4.16. The van der Waals surface area contributed by atoms with E-state index in [1.54, 1.807) is 30.5 Å². The number of carbonyl (C=O) groups excluding carboxylic acids is 1. The normalized spacial score (nSPS) is 19.1. The van der Waals surface area contributed by atoms with Gasteiger partial charge in [0.1, 0.15) is 7.11 Å². The highest BCUT2D eigenvalue weighted by atomic mass is 19.4. The van der Waals surface area contributed by atoms with Crippen LogP contribution in [-0.2, 0) is 9.63 Å². The van der Waals surface area contributed by atoms with Gasteiger partial charge < -0.3 is 15.2 Å². The lowest BCUT2D eigenvalue weighted by molar-refractivity contribution is -0.185. The second kappa shape index (κ2) is 8.19. The van der Waals surface area contributed by atoms with Crippen LogP contribution in [0.1, 0.15) is 12.5 Å². The maximum Gasteiger partial charge on any atom is 0.412 e. The molecule has 0 saturated heterocycles. The molecule has 0 spiro atoms. The summed E-state index contributed by atoms with van der Waals surface area (Å²) < 4.78 is 40.8. The van der Waals surface area contributed by atoms with Crippen molar-refractivity contribution in [2.24, 2.45) is 5.16 Å². The van der Waals surface area contributed by atoms with Gasteiger partial charge in [0.2, 0.25) is 0 Å². The molecule has 0 aromatic heterocycles. The first-order valence-electron chi connectivity index (χ1n) is 9.03. The van der Waals surface area contributed by atoms with Crippen LogP contribution in [0.25, 0.3) is 11.1 Å². The Bertz CT molecular complexity index is 986. The summed E-state index contributed by atoms with van der Waals surface area (Å²) in [6.07, 6.45) is -1.96. The number of hydrogen-bond acceptors (Lipinski definition) is 5. The molecule has 6 nitrogen and oxygen atoms in total. The molecule has 0 saturated carbocycles. The fraction of sp³-hybridized carbons (Fsp3) is 0.238. The maximum absolute atomic E-state index is 13.6. The van der Waals surface area contributed by atoms with Crippen molar-refractivity contribution in [2.45, 2.75) is 18.6 Å². The number of hydrogen-bond donors (Lipinski definition) is 2. The van der Waals surface area contributed by atoms with E-state index < -0.39 is 23.2 Å². The Morgan fingerprint density at radius 2 is 1.87 bits per heavy atom. The van der Waals surface area contributed by atoms with Gasteiger partial charge in [-0.25, -0.2) is 5.43 Å². The molecule has 158 valence electrons. The highest BCUT2D eigenvalue weighted by Crippen LogP contribution is 2.40. The van der Waals surface area contributed by atoms with Crippen molar-refractivity contribution in [1.29, 1.82) is 0 Å². The van der Waals surface area contributed by atoms with Crippen molar-refractivity contribution in [2.75, 3.05) is 19.5 Å². The zero-order valence-electron chi connectivity index (χ0n) is 16.6. The second-order valence-electron chi connectivity index (χ2n) is 6.93. The van der Waals surface area contributed by atoms with Crippen LogP contribution in [0.4, 0.5) is 18.9 Å². The molecule has 1 aliphatic rings. The molecular formula is C21H21F3N4O2. The van der Waals surface area contributed by atoms with E-state index in [0.29, 0.717) is 11.3 Å². The number of rotatable bonds is 5. The molecule has 0 aliphatic carbocycles. The molecule has 30 heavy (non-hydrogen) atoms. The van der Waals surface area contributed by atoms with Crippen molar-refractivity contribution in [3.05, 3.63) is 65.9 Å². The Hall–Kier alpha value is -3.33. The number of carbonyl (C=O) groups is 1. The molecule has 0 fully saturated rings. The summed E-state index contributed by atoms with van der Waals surface area (Å²) >= 11 is 0. The van der Waals surface area contributed by atoms with Crippen LogP contribution in [0, 0.1) is 0 Å². The summed E-state index contributed by atoms with van der Waals surface area (Å²) in [4.78, 5) is 17.4. The first kappa shape index (κ1) is 21.4. The van der Waals surface area contributed by atoms with E-state index in [2.05, 4.69) is 20.7 Å². The zero-order chi connectivity index (χ0) is 21.9. The molecule has 0 bridgehead atoms. The summed E-state index contributed by atoms with van der Waals surface area (Å²) in [5.74, 6) is -0.831. The predicted octanol–water partition coefficient (Wildman–Crippen LogP) is 3.93. The van der Waals surface area contributed by atoms with Gasteiger partial charge >= 0.3 is 6.18 Å². The highest BCUT2D eigenvalue weighted by molar-refractivity contribution is 6.07. The third-order valence-electron chi connectivity index (χ3n) is 4.78. The maximum atomic E-state index is 13.6. The number of oxime groups is 1. The number of amides is 1. The summed E-state index contributed by atoms with van der Waals surface area (Å²) in [5.41, 5.74) is 2.07. The van der Waals surface area contributed by atoms with E-state index in [-0.39, 0.29) is 0 Å². The fourth-order valence-electron chi connectivity index (χ4n) is 3.17. The third-order valence-corrected chi connectivity index (χ3v) is 4.78. The lowest BCUT2D eigenvalue weighted by Gasteiger charge is -2.31. The summed E-state index contributed by atoms with van der Waals surface area (Å²) in [6.45, 7) is 0.939. The first-order chi connectivity index (χ1) is 14.2. The summed E-state index contributed by atoms with van der Waals surface area (Å²) in [7, 11) is 2.85. The molecule has 1 aliphatic heterocycles. The fourth-order valence-corrected chi connectivity index (χ4v) is 3.17. The largest absolute Gasteiger partial charge is 0.412 e.